The largest absolute Gasteiger partial charge is 0.326 e. The molecular weight excluding hydrogens is 574 g/mol. The number of ketones is 1. The van der Waals surface area contributed by atoms with E-state index < -0.39 is 4.92 Å². The number of amides is 3. The number of nitrogens with one attached hydrogen (secondary N) is 3. The highest BCUT2D eigenvalue weighted by atomic mass is 16.6. The number of carbonyl (C=O) groups is 4. The first-order valence-corrected chi connectivity index (χ1v) is 13.8. The van der Waals surface area contributed by atoms with Gasteiger partial charge in [-0.1, -0.05) is 66.7 Å². The molecule has 4 aromatic rings. The quantitative estimate of drug-likeness (QED) is 0.133. The van der Waals surface area contributed by atoms with Gasteiger partial charge in [0, 0.05) is 49.5 Å². The summed E-state index contributed by atoms with van der Waals surface area (Å²) in [6, 6.07) is 31.9. The molecule has 0 atom stereocenters. The minimum atomic E-state index is -0.597. The van der Waals surface area contributed by atoms with E-state index >= 15 is 0 Å². The Morgan fingerprint density at radius 2 is 1.13 bits per heavy atom. The zero-order valence-electron chi connectivity index (χ0n) is 26.2. The van der Waals surface area contributed by atoms with Gasteiger partial charge in [-0.25, -0.2) is 0 Å². The van der Waals surface area contributed by atoms with Gasteiger partial charge in [0.05, 0.1) is 4.92 Å². The SMILES string of the molecule is CC(=O)Nc1ccc(N(C)C(C)=O)c([N+](=O)[O-])c1.CC(=O)c1ccccc1.CNC.O=C(Nc1ccccc1)c1ccccc1. The van der Waals surface area contributed by atoms with Crippen molar-refractivity contribution in [3.05, 3.63) is 130 Å². The third-order valence-corrected chi connectivity index (χ3v) is 5.57. The molecule has 45 heavy (non-hydrogen) atoms. The van der Waals surface area contributed by atoms with Crippen LogP contribution in [0.1, 0.15) is 41.5 Å². The Morgan fingerprint density at radius 1 is 0.667 bits per heavy atom. The van der Waals surface area contributed by atoms with Crippen LogP contribution in [0.3, 0.4) is 0 Å². The normalized spacial score (nSPS) is 9.29. The summed E-state index contributed by atoms with van der Waals surface area (Å²) in [6.07, 6.45) is 0. The summed E-state index contributed by atoms with van der Waals surface area (Å²) in [7, 11) is 5.20. The van der Waals surface area contributed by atoms with Crippen molar-refractivity contribution in [3.63, 3.8) is 0 Å². The van der Waals surface area contributed by atoms with Gasteiger partial charge in [0.2, 0.25) is 11.8 Å². The van der Waals surface area contributed by atoms with Crippen molar-refractivity contribution >= 4 is 46.3 Å². The van der Waals surface area contributed by atoms with Gasteiger partial charge in [-0.05, 0) is 57.4 Å². The van der Waals surface area contributed by atoms with Crippen LogP contribution in [0.25, 0.3) is 0 Å². The van der Waals surface area contributed by atoms with Gasteiger partial charge >= 0.3 is 0 Å². The molecule has 0 radical (unpaired) electrons. The van der Waals surface area contributed by atoms with Crippen LogP contribution in [0, 0.1) is 10.1 Å². The predicted molar refractivity (Wildman–Crippen MR) is 179 cm³/mol. The van der Waals surface area contributed by atoms with Crippen LogP contribution in [-0.4, -0.2) is 49.6 Å². The van der Waals surface area contributed by atoms with Crippen LogP contribution in [0.5, 0.6) is 0 Å². The first-order chi connectivity index (χ1) is 21.4. The first kappa shape index (κ1) is 37.3. The van der Waals surface area contributed by atoms with Gasteiger partial charge in [0.15, 0.2) is 5.78 Å². The standard InChI is InChI=1S/C13H11NO.C11H13N3O4.C8H8O.C2H7N/c15-13(11-7-3-1-4-8-11)14-12-9-5-2-6-10-12;1-7(15)12-9-4-5-10(13(3)8(2)16)11(6-9)14(17)18;1-7(9)8-5-3-2-4-6-8;1-3-2/h1-10H,(H,14,15);4-6H,1-3H3,(H,12,15);2-6H,1H3;3H,1-2H3. The second kappa shape index (κ2) is 20.3. The van der Waals surface area contributed by atoms with Crippen molar-refractivity contribution in [2.75, 3.05) is 36.7 Å². The number of rotatable bonds is 6. The van der Waals surface area contributed by atoms with Crippen molar-refractivity contribution in [1.29, 1.82) is 0 Å². The molecule has 0 heterocycles. The Morgan fingerprint density at radius 3 is 1.53 bits per heavy atom. The highest BCUT2D eigenvalue weighted by Crippen LogP contribution is 2.30. The fraction of sp³-hybridized carbons (Fsp3) is 0.176. The van der Waals surface area contributed by atoms with Crippen LogP contribution in [0.4, 0.5) is 22.7 Å². The molecule has 0 aliphatic carbocycles. The summed E-state index contributed by atoms with van der Waals surface area (Å²) in [5.74, 6) is -0.597. The molecule has 0 fully saturated rings. The van der Waals surface area contributed by atoms with Crippen molar-refractivity contribution < 1.29 is 24.1 Å². The highest BCUT2D eigenvalue weighted by molar-refractivity contribution is 6.04. The summed E-state index contributed by atoms with van der Waals surface area (Å²) >= 11 is 0. The number of anilines is 3. The Bertz CT molecular complexity index is 1530. The molecule has 0 saturated carbocycles. The number of hydrogen-bond donors (Lipinski definition) is 3. The molecule has 0 spiro atoms. The zero-order chi connectivity index (χ0) is 33.8. The molecule has 0 aliphatic heterocycles. The summed E-state index contributed by atoms with van der Waals surface area (Å²) in [5.41, 5.74) is 2.51. The number of nitro benzene ring substituents is 1. The molecule has 3 amide bonds. The monoisotopic (exact) mass is 613 g/mol. The molecule has 11 heteroatoms. The van der Waals surface area contributed by atoms with E-state index in [1.165, 1.54) is 44.0 Å². The molecular formula is C34H39N5O6. The number of para-hydroxylation sites is 1. The van der Waals surface area contributed by atoms with Crippen LogP contribution in [-0.2, 0) is 9.59 Å². The average Bonchev–Trinajstić information content (AvgIpc) is 3.02. The molecule has 0 bridgehead atoms. The van der Waals surface area contributed by atoms with E-state index in [4.69, 9.17) is 0 Å². The maximum Gasteiger partial charge on any atom is 0.295 e. The Labute approximate surface area is 263 Å². The Balaban J connectivity index is 0.000000337. The fourth-order valence-electron chi connectivity index (χ4n) is 3.39. The maximum absolute atomic E-state index is 11.7. The van der Waals surface area contributed by atoms with E-state index in [0.29, 0.717) is 11.3 Å². The van der Waals surface area contributed by atoms with Gasteiger partial charge in [-0.2, -0.15) is 0 Å². The summed E-state index contributed by atoms with van der Waals surface area (Å²) in [6.45, 7) is 4.18. The third-order valence-electron chi connectivity index (χ3n) is 5.57. The van der Waals surface area contributed by atoms with Gasteiger partial charge < -0.3 is 20.9 Å². The topological polar surface area (TPSA) is 151 Å². The van der Waals surface area contributed by atoms with Crippen molar-refractivity contribution in [2.24, 2.45) is 0 Å². The molecule has 11 nitrogen and oxygen atoms in total. The first-order valence-electron chi connectivity index (χ1n) is 13.8. The van der Waals surface area contributed by atoms with Crippen LogP contribution < -0.4 is 20.9 Å². The van der Waals surface area contributed by atoms with Gasteiger partial charge in [-0.15, -0.1) is 0 Å². The maximum atomic E-state index is 11.7. The van der Waals surface area contributed by atoms with E-state index in [1.807, 2.05) is 93.0 Å². The predicted octanol–water partition coefficient (Wildman–Crippen LogP) is 6.20. The lowest BCUT2D eigenvalue weighted by Gasteiger charge is -2.15. The summed E-state index contributed by atoms with van der Waals surface area (Å²) in [4.78, 5) is 56.0. The second-order valence-corrected chi connectivity index (χ2v) is 9.33. The number of hydrogen-bond acceptors (Lipinski definition) is 7. The highest BCUT2D eigenvalue weighted by Gasteiger charge is 2.20. The molecule has 0 unspecified atom stereocenters. The Kier molecular flexibility index (Phi) is 16.8. The summed E-state index contributed by atoms with van der Waals surface area (Å²) < 4.78 is 0. The van der Waals surface area contributed by atoms with Gasteiger partial charge in [-0.3, -0.25) is 29.3 Å². The third kappa shape index (κ3) is 14.4. The minimum Gasteiger partial charge on any atom is -0.326 e. The van der Waals surface area contributed by atoms with E-state index in [0.717, 1.165) is 11.3 Å². The second-order valence-electron chi connectivity index (χ2n) is 9.33. The lowest BCUT2D eigenvalue weighted by atomic mass is 10.2. The number of carbonyl (C=O) groups excluding carboxylic acids is 4. The minimum absolute atomic E-state index is 0.0817. The Hall–Kier alpha value is -5.68. The van der Waals surface area contributed by atoms with Gasteiger partial charge in [0.25, 0.3) is 11.6 Å². The molecule has 0 aromatic heterocycles. The van der Waals surface area contributed by atoms with Crippen LogP contribution in [0.15, 0.2) is 109 Å². The lowest BCUT2D eigenvalue weighted by Crippen LogP contribution is -2.23. The smallest absolute Gasteiger partial charge is 0.295 e. The molecule has 3 N–H and O–H groups in total. The van der Waals surface area contributed by atoms with E-state index in [-0.39, 0.29) is 34.9 Å². The number of nitrogens with zero attached hydrogens (tertiary/aromatic N) is 2. The molecule has 4 rings (SSSR count). The zero-order valence-corrected chi connectivity index (χ0v) is 26.2. The molecule has 236 valence electrons. The summed E-state index contributed by atoms with van der Waals surface area (Å²) in [5, 5.41) is 19.0. The number of nitro groups is 1. The molecule has 4 aromatic carbocycles. The van der Waals surface area contributed by atoms with E-state index in [1.54, 1.807) is 19.1 Å². The van der Waals surface area contributed by atoms with Crippen molar-refractivity contribution in [2.45, 2.75) is 20.8 Å². The van der Waals surface area contributed by atoms with E-state index in [9.17, 15) is 29.3 Å². The lowest BCUT2D eigenvalue weighted by molar-refractivity contribution is -0.384. The number of Topliss-reactive ketones (excluding diaryl/α,β-unsaturated/α-hetero) is 1. The van der Waals surface area contributed by atoms with Gasteiger partial charge in [0.1, 0.15) is 5.69 Å². The fourth-order valence-corrected chi connectivity index (χ4v) is 3.39. The average molecular weight is 614 g/mol. The molecule has 0 saturated heterocycles. The van der Waals surface area contributed by atoms with Crippen LogP contribution in [0.2, 0.25) is 0 Å². The number of benzene rings is 4. The van der Waals surface area contributed by atoms with Crippen molar-refractivity contribution in [3.8, 4) is 0 Å². The van der Waals surface area contributed by atoms with Crippen LogP contribution >= 0.6 is 0 Å². The molecule has 0 aliphatic rings. The van der Waals surface area contributed by atoms with Crippen molar-refractivity contribution in [1.82, 2.24) is 5.32 Å². The van der Waals surface area contributed by atoms with E-state index in [2.05, 4.69) is 16.0 Å².